The minimum Gasteiger partial charge on any atom is -0.488 e. The number of para-hydroxylation sites is 1. The van der Waals surface area contributed by atoms with Crippen LogP contribution in [0.15, 0.2) is 48.5 Å². The molecule has 132 valence electrons. The second kappa shape index (κ2) is 7.83. The van der Waals surface area contributed by atoms with Crippen molar-refractivity contribution >= 4 is 11.9 Å². The van der Waals surface area contributed by atoms with E-state index in [1.807, 2.05) is 20.8 Å². The van der Waals surface area contributed by atoms with Gasteiger partial charge in [0.25, 0.3) is 0 Å². The molecule has 0 heterocycles. The third-order valence-electron chi connectivity index (χ3n) is 3.10. The first kappa shape index (κ1) is 18.5. The smallest absolute Gasteiger partial charge is 0.343 e. The normalized spacial score (nSPS) is 10.9. The van der Waals surface area contributed by atoms with Gasteiger partial charge in [-0.25, -0.2) is 9.59 Å². The minimum absolute atomic E-state index is 0.168. The first-order valence-electron chi connectivity index (χ1n) is 8.07. The molecular formula is C20H22O5. The maximum absolute atomic E-state index is 12.3. The number of ether oxygens (including phenoxy) is 3. The van der Waals surface area contributed by atoms with E-state index in [2.05, 4.69) is 0 Å². The Kier molecular flexibility index (Phi) is 5.80. The molecule has 5 nitrogen and oxygen atoms in total. The molecular weight excluding hydrogens is 320 g/mol. The van der Waals surface area contributed by atoms with Gasteiger partial charge in [0.15, 0.2) is 0 Å². The average Bonchev–Trinajstić information content (AvgIpc) is 2.54. The highest BCUT2D eigenvalue weighted by Crippen LogP contribution is 2.22. The molecule has 0 aliphatic heterocycles. The molecule has 0 saturated heterocycles. The monoisotopic (exact) mass is 342 g/mol. The molecule has 0 spiro atoms. The van der Waals surface area contributed by atoms with Crippen molar-refractivity contribution in [2.45, 2.75) is 33.3 Å². The zero-order chi connectivity index (χ0) is 18.4. The Labute approximate surface area is 147 Å². The van der Waals surface area contributed by atoms with Crippen molar-refractivity contribution < 1.29 is 23.8 Å². The zero-order valence-electron chi connectivity index (χ0n) is 14.9. The Balaban J connectivity index is 2.14. The van der Waals surface area contributed by atoms with Crippen LogP contribution in [-0.4, -0.2) is 24.1 Å². The van der Waals surface area contributed by atoms with Crippen LogP contribution in [0.4, 0.5) is 0 Å². The van der Waals surface area contributed by atoms with E-state index in [-0.39, 0.29) is 23.5 Å². The molecule has 2 rings (SSSR count). The van der Waals surface area contributed by atoms with Crippen LogP contribution in [0.2, 0.25) is 0 Å². The third-order valence-corrected chi connectivity index (χ3v) is 3.10. The topological polar surface area (TPSA) is 61.8 Å². The molecule has 2 aromatic rings. The standard InChI is InChI=1S/C20H22O5/c1-5-23-19(22)16-8-6-7-9-17(16)24-18(21)14-10-12-15(13-11-14)25-20(2,3)4/h6-13H,5H2,1-4H3. The predicted octanol–water partition coefficient (Wildman–Crippen LogP) is 4.26. The van der Waals surface area contributed by atoms with Crippen LogP contribution < -0.4 is 9.47 Å². The SMILES string of the molecule is CCOC(=O)c1ccccc1OC(=O)c1ccc(OC(C)(C)C)cc1. The summed E-state index contributed by atoms with van der Waals surface area (Å²) in [7, 11) is 0. The van der Waals surface area contributed by atoms with Gasteiger partial charge in [0.05, 0.1) is 12.2 Å². The van der Waals surface area contributed by atoms with Crippen LogP contribution in [0.3, 0.4) is 0 Å². The summed E-state index contributed by atoms with van der Waals surface area (Å²) >= 11 is 0. The quantitative estimate of drug-likeness (QED) is 0.600. The molecule has 0 saturated carbocycles. The Morgan fingerprint density at radius 3 is 2.16 bits per heavy atom. The van der Waals surface area contributed by atoms with Gasteiger partial charge >= 0.3 is 11.9 Å². The Hall–Kier alpha value is -2.82. The van der Waals surface area contributed by atoms with Gasteiger partial charge in [0.1, 0.15) is 22.7 Å². The maximum atomic E-state index is 12.3. The number of rotatable bonds is 5. The van der Waals surface area contributed by atoms with Crippen LogP contribution >= 0.6 is 0 Å². The van der Waals surface area contributed by atoms with E-state index in [1.54, 1.807) is 55.5 Å². The van der Waals surface area contributed by atoms with E-state index in [4.69, 9.17) is 14.2 Å². The molecule has 0 atom stereocenters. The highest BCUT2D eigenvalue weighted by atomic mass is 16.5. The zero-order valence-corrected chi connectivity index (χ0v) is 14.9. The number of hydrogen-bond acceptors (Lipinski definition) is 5. The summed E-state index contributed by atoms with van der Waals surface area (Å²) in [6.45, 7) is 7.80. The highest BCUT2D eigenvalue weighted by molar-refractivity contribution is 5.96. The summed E-state index contributed by atoms with van der Waals surface area (Å²) < 4.78 is 16.0. The van der Waals surface area contributed by atoms with Gasteiger partial charge < -0.3 is 14.2 Å². The fourth-order valence-corrected chi connectivity index (χ4v) is 2.10. The third kappa shape index (κ3) is 5.35. The van der Waals surface area contributed by atoms with Gasteiger partial charge in [0.2, 0.25) is 0 Å². The largest absolute Gasteiger partial charge is 0.488 e. The minimum atomic E-state index is -0.556. The highest BCUT2D eigenvalue weighted by Gasteiger charge is 2.17. The van der Waals surface area contributed by atoms with Gasteiger partial charge in [-0.15, -0.1) is 0 Å². The summed E-state index contributed by atoms with van der Waals surface area (Å²) in [4.78, 5) is 24.3. The second-order valence-electron chi connectivity index (χ2n) is 6.34. The van der Waals surface area contributed by atoms with E-state index in [9.17, 15) is 9.59 Å². The molecule has 0 aliphatic carbocycles. The van der Waals surface area contributed by atoms with Crippen LogP contribution in [0.5, 0.6) is 11.5 Å². The van der Waals surface area contributed by atoms with Crippen LogP contribution in [-0.2, 0) is 4.74 Å². The fourth-order valence-electron chi connectivity index (χ4n) is 2.10. The molecule has 0 aliphatic rings. The summed E-state index contributed by atoms with van der Waals surface area (Å²) in [5.74, 6) is -0.254. The fraction of sp³-hybridized carbons (Fsp3) is 0.300. The van der Waals surface area contributed by atoms with Crippen molar-refractivity contribution in [1.82, 2.24) is 0 Å². The number of carbonyl (C=O) groups is 2. The van der Waals surface area contributed by atoms with E-state index in [1.165, 1.54) is 0 Å². The summed E-state index contributed by atoms with van der Waals surface area (Å²) in [5, 5.41) is 0. The maximum Gasteiger partial charge on any atom is 0.343 e. The van der Waals surface area contributed by atoms with Gasteiger partial charge in [-0.1, -0.05) is 12.1 Å². The molecule has 25 heavy (non-hydrogen) atoms. The number of carbonyl (C=O) groups excluding carboxylic acids is 2. The summed E-state index contributed by atoms with van der Waals surface area (Å²) in [6, 6.07) is 13.1. The van der Waals surface area contributed by atoms with Gasteiger partial charge in [-0.3, -0.25) is 0 Å². The molecule has 0 aromatic heterocycles. The number of benzene rings is 2. The Bertz CT molecular complexity index is 741. The van der Waals surface area contributed by atoms with Crippen molar-refractivity contribution in [1.29, 1.82) is 0 Å². The number of esters is 2. The van der Waals surface area contributed by atoms with Crippen LogP contribution in [0.1, 0.15) is 48.4 Å². The van der Waals surface area contributed by atoms with Crippen LogP contribution in [0, 0.1) is 0 Å². The summed E-state index contributed by atoms with van der Waals surface area (Å²) in [6.07, 6.45) is 0. The predicted molar refractivity (Wildman–Crippen MR) is 94.2 cm³/mol. The number of hydrogen-bond donors (Lipinski definition) is 0. The lowest BCUT2D eigenvalue weighted by Gasteiger charge is -2.21. The molecule has 5 heteroatoms. The molecule has 0 amide bonds. The molecule has 0 radical (unpaired) electrons. The lowest BCUT2D eigenvalue weighted by atomic mass is 10.1. The lowest BCUT2D eigenvalue weighted by Crippen LogP contribution is -2.23. The molecule has 0 fully saturated rings. The van der Waals surface area contributed by atoms with Crippen molar-refractivity contribution in [3.63, 3.8) is 0 Å². The van der Waals surface area contributed by atoms with Crippen molar-refractivity contribution in [3.05, 3.63) is 59.7 Å². The Morgan fingerprint density at radius 1 is 0.920 bits per heavy atom. The van der Waals surface area contributed by atoms with E-state index in [0.29, 0.717) is 11.3 Å². The first-order valence-corrected chi connectivity index (χ1v) is 8.07. The molecule has 0 bridgehead atoms. The van der Waals surface area contributed by atoms with Gasteiger partial charge in [-0.2, -0.15) is 0 Å². The molecule has 0 unspecified atom stereocenters. The average molecular weight is 342 g/mol. The molecule has 2 aromatic carbocycles. The van der Waals surface area contributed by atoms with Crippen molar-refractivity contribution in [2.24, 2.45) is 0 Å². The van der Waals surface area contributed by atoms with E-state index >= 15 is 0 Å². The van der Waals surface area contributed by atoms with E-state index in [0.717, 1.165) is 0 Å². The van der Waals surface area contributed by atoms with Crippen molar-refractivity contribution in [2.75, 3.05) is 6.61 Å². The lowest BCUT2D eigenvalue weighted by molar-refractivity contribution is 0.0520. The van der Waals surface area contributed by atoms with Gasteiger partial charge in [-0.05, 0) is 64.1 Å². The van der Waals surface area contributed by atoms with E-state index < -0.39 is 11.9 Å². The van der Waals surface area contributed by atoms with Crippen molar-refractivity contribution in [3.8, 4) is 11.5 Å². The molecule has 0 N–H and O–H groups in total. The first-order chi connectivity index (χ1) is 11.8. The Morgan fingerprint density at radius 2 is 1.56 bits per heavy atom. The van der Waals surface area contributed by atoms with Gasteiger partial charge in [0, 0.05) is 0 Å². The van der Waals surface area contributed by atoms with Crippen LogP contribution in [0.25, 0.3) is 0 Å². The summed E-state index contributed by atoms with van der Waals surface area (Å²) in [5.41, 5.74) is 0.256. The second-order valence-corrected chi connectivity index (χ2v) is 6.34.